The largest absolute Gasteiger partial charge is 0.495 e. The minimum absolute atomic E-state index is 0.187. The molecule has 1 atom stereocenters. The van der Waals surface area contributed by atoms with Gasteiger partial charge in [0.25, 0.3) is 0 Å². The number of ether oxygens (including phenoxy) is 1. The van der Waals surface area contributed by atoms with Gasteiger partial charge in [0, 0.05) is 19.8 Å². The van der Waals surface area contributed by atoms with Gasteiger partial charge in [-0.05, 0) is 37.1 Å². The van der Waals surface area contributed by atoms with Crippen LogP contribution >= 0.6 is 0 Å². The van der Waals surface area contributed by atoms with Gasteiger partial charge < -0.3 is 9.30 Å². The quantitative estimate of drug-likeness (QED) is 0.738. The molecular formula is C21H26N6O. The summed E-state index contributed by atoms with van der Waals surface area (Å²) in [6.45, 7) is 4.90. The predicted molar refractivity (Wildman–Crippen MR) is 110 cm³/mol. The Bertz CT molecular complexity index is 923. The highest BCUT2D eigenvalue weighted by atomic mass is 16.5. The fourth-order valence-electron chi connectivity index (χ4n) is 3.15. The van der Waals surface area contributed by atoms with E-state index >= 15 is 0 Å². The number of aryl methyl sites for hydroxylation is 1. The molecule has 1 aromatic carbocycles. The van der Waals surface area contributed by atoms with Crippen LogP contribution in [0.3, 0.4) is 0 Å². The van der Waals surface area contributed by atoms with Crippen molar-refractivity contribution in [3.63, 3.8) is 0 Å². The van der Waals surface area contributed by atoms with Crippen LogP contribution in [0.2, 0.25) is 0 Å². The maximum absolute atomic E-state index is 9.37. The maximum atomic E-state index is 9.37. The van der Waals surface area contributed by atoms with Crippen LogP contribution in [0.15, 0.2) is 41.8 Å². The number of nitrogens with zero attached hydrogens (tertiary/aromatic N) is 6. The van der Waals surface area contributed by atoms with Crippen molar-refractivity contribution in [3.8, 4) is 17.5 Å². The number of rotatable bonds is 7. The van der Waals surface area contributed by atoms with Crippen molar-refractivity contribution < 1.29 is 4.74 Å². The van der Waals surface area contributed by atoms with Crippen molar-refractivity contribution in [2.75, 3.05) is 20.7 Å². The Morgan fingerprint density at radius 2 is 2.18 bits per heavy atom. The number of benzene rings is 1. The summed E-state index contributed by atoms with van der Waals surface area (Å²) in [7, 11) is 3.62. The van der Waals surface area contributed by atoms with Gasteiger partial charge in [-0.25, -0.2) is 9.98 Å². The van der Waals surface area contributed by atoms with Crippen LogP contribution in [-0.4, -0.2) is 52.3 Å². The lowest BCUT2D eigenvalue weighted by atomic mass is 10.1. The third kappa shape index (κ3) is 4.07. The highest BCUT2D eigenvalue weighted by molar-refractivity contribution is 5.97. The van der Waals surface area contributed by atoms with E-state index < -0.39 is 0 Å². The van der Waals surface area contributed by atoms with Gasteiger partial charge in [-0.15, -0.1) is 0 Å². The minimum atomic E-state index is -0.187. The SMILES string of the molecule is CCCCN1C(C#N)=NC(/C=C/c2ccc(-n3cnc(C)c3)c(OC)c2)N1C. The summed E-state index contributed by atoms with van der Waals surface area (Å²) in [5.74, 6) is 1.24. The molecule has 1 unspecified atom stereocenters. The van der Waals surface area contributed by atoms with Crippen LogP contribution in [-0.2, 0) is 0 Å². The zero-order valence-electron chi connectivity index (χ0n) is 16.8. The Kier molecular flexibility index (Phi) is 6.12. The third-order valence-electron chi connectivity index (χ3n) is 4.74. The molecule has 0 N–H and O–H groups in total. The molecule has 0 bridgehead atoms. The second-order valence-corrected chi connectivity index (χ2v) is 6.74. The molecule has 3 rings (SSSR count). The zero-order valence-corrected chi connectivity index (χ0v) is 16.8. The number of hydrazine groups is 1. The van der Waals surface area contributed by atoms with E-state index in [1.807, 2.05) is 65.1 Å². The number of unbranched alkanes of at least 4 members (excludes halogenated alkanes) is 1. The smallest absolute Gasteiger partial charge is 0.220 e. The molecule has 146 valence electrons. The van der Waals surface area contributed by atoms with Gasteiger partial charge in [0.05, 0.1) is 24.8 Å². The van der Waals surface area contributed by atoms with Crippen LogP contribution in [0.1, 0.15) is 31.0 Å². The molecule has 0 aliphatic carbocycles. The van der Waals surface area contributed by atoms with E-state index in [0.29, 0.717) is 5.84 Å². The van der Waals surface area contributed by atoms with E-state index in [2.05, 4.69) is 23.0 Å². The van der Waals surface area contributed by atoms with E-state index in [0.717, 1.165) is 42.1 Å². The zero-order chi connectivity index (χ0) is 20.1. The number of hydrogen-bond acceptors (Lipinski definition) is 6. The van der Waals surface area contributed by atoms with Crippen LogP contribution in [0.5, 0.6) is 5.75 Å². The molecule has 0 fully saturated rings. The summed E-state index contributed by atoms with van der Waals surface area (Å²) in [6, 6.07) is 8.22. The summed E-state index contributed by atoms with van der Waals surface area (Å²) < 4.78 is 7.51. The Labute approximate surface area is 166 Å². The third-order valence-corrected chi connectivity index (χ3v) is 4.74. The van der Waals surface area contributed by atoms with Gasteiger partial charge in [0.2, 0.25) is 5.84 Å². The number of imidazole rings is 1. The highest BCUT2D eigenvalue weighted by Crippen LogP contribution is 2.26. The van der Waals surface area contributed by atoms with Crippen molar-refractivity contribution in [2.24, 2.45) is 4.99 Å². The average Bonchev–Trinajstić information content (AvgIpc) is 3.27. The van der Waals surface area contributed by atoms with Crippen molar-refractivity contribution in [3.05, 3.63) is 48.1 Å². The highest BCUT2D eigenvalue weighted by Gasteiger charge is 2.28. The predicted octanol–water partition coefficient (Wildman–Crippen LogP) is 3.41. The van der Waals surface area contributed by atoms with Crippen molar-refractivity contribution in [1.82, 2.24) is 19.6 Å². The number of aliphatic imine (C=N–C) groups is 1. The number of hydrogen-bond donors (Lipinski definition) is 0. The summed E-state index contributed by atoms with van der Waals surface area (Å²) in [6.07, 6.45) is 9.66. The number of likely N-dealkylation sites (N-methyl/N-ethyl adjacent to an activating group) is 1. The van der Waals surface area contributed by atoms with Gasteiger partial charge in [-0.3, -0.25) is 5.01 Å². The number of nitriles is 1. The first-order chi connectivity index (χ1) is 13.6. The monoisotopic (exact) mass is 378 g/mol. The van der Waals surface area contributed by atoms with Gasteiger partial charge >= 0.3 is 0 Å². The lowest BCUT2D eigenvalue weighted by molar-refractivity contribution is 0.0761. The van der Waals surface area contributed by atoms with Gasteiger partial charge in [-0.1, -0.05) is 25.5 Å². The van der Waals surface area contributed by atoms with Gasteiger partial charge in [0.1, 0.15) is 18.0 Å². The summed E-state index contributed by atoms with van der Waals surface area (Å²) in [4.78, 5) is 8.80. The first-order valence-electron chi connectivity index (χ1n) is 9.42. The van der Waals surface area contributed by atoms with E-state index in [9.17, 15) is 5.26 Å². The van der Waals surface area contributed by atoms with Crippen LogP contribution in [0, 0.1) is 18.3 Å². The van der Waals surface area contributed by atoms with Crippen molar-refractivity contribution >= 4 is 11.9 Å². The molecule has 0 saturated heterocycles. The first kappa shape index (κ1) is 19.6. The van der Waals surface area contributed by atoms with E-state index in [4.69, 9.17) is 4.74 Å². The second-order valence-electron chi connectivity index (χ2n) is 6.74. The Morgan fingerprint density at radius 3 is 2.82 bits per heavy atom. The summed E-state index contributed by atoms with van der Waals surface area (Å²) >= 11 is 0. The van der Waals surface area contributed by atoms with Gasteiger partial charge in [0.15, 0.2) is 0 Å². The molecule has 7 nitrogen and oxygen atoms in total. The standard InChI is InChI=1S/C21H26N6O/c1-5-6-11-27-21(13-22)24-20(25(27)3)10-8-17-7-9-18(19(12-17)28-4)26-14-16(2)23-15-26/h7-10,12,14-15,20H,5-6,11H2,1-4H3/b10-8+. The average molecular weight is 378 g/mol. The molecule has 2 aromatic rings. The molecule has 1 aliphatic heterocycles. The van der Waals surface area contributed by atoms with Crippen LogP contribution < -0.4 is 4.74 Å². The molecule has 1 aromatic heterocycles. The van der Waals surface area contributed by atoms with Gasteiger partial charge in [-0.2, -0.15) is 10.3 Å². The number of amidine groups is 1. The molecule has 0 saturated carbocycles. The second kappa shape index (κ2) is 8.72. The van der Waals surface area contributed by atoms with Crippen molar-refractivity contribution in [1.29, 1.82) is 5.26 Å². The Hall–Kier alpha value is -3.11. The van der Waals surface area contributed by atoms with E-state index in [1.165, 1.54) is 0 Å². The molecule has 28 heavy (non-hydrogen) atoms. The lowest BCUT2D eigenvalue weighted by Gasteiger charge is -2.27. The normalized spacial score (nSPS) is 17.2. The summed E-state index contributed by atoms with van der Waals surface area (Å²) in [5, 5.41) is 13.3. The first-order valence-corrected chi connectivity index (χ1v) is 9.42. The maximum Gasteiger partial charge on any atom is 0.220 e. The molecule has 1 aliphatic rings. The van der Waals surface area contributed by atoms with Crippen LogP contribution in [0.4, 0.5) is 0 Å². The molecule has 0 radical (unpaired) electrons. The molecule has 0 amide bonds. The topological polar surface area (TPSA) is 69.7 Å². The Morgan fingerprint density at radius 1 is 1.36 bits per heavy atom. The number of methoxy groups -OCH3 is 1. The van der Waals surface area contributed by atoms with Crippen LogP contribution in [0.25, 0.3) is 11.8 Å². The fourth-order valence-corrected chi connectivity index (χ4v) is 3.15. The van der Waals surface area contributed by atoms with E-state index in [1.54, 1.807) is 13.4 Å². The minimum Gasteiger partial charge on any atom is -0.495 e. The molecule has 7 heteroatoms. The molecular weight excluding hydrogens is 352 g/mol. The molecule has 0 spiro atoms. The van der Waals surface area contributed by atoms with E-state index in [-0.39, 0.29) is 6.17 Å². The number of aromatic nitrogens is 2. The Balaban J connectivity index is 1.79. The lowest BCUT2D eigenvalue weighted by Crippen LogP contribution is -2.41. The molecule has 2 heterocycles. The fraction of sp³-hybridized carbons (Fsp3) is 0.381. The van der Waals surface area contributed by atoms with Crippen molar-refractivity contribution in [2.45, 2.75) is 32.9 Å². The summed E-state index contributed by atoms with van der Waals surface area (Å²) in [5.41, 5.74) is 2.90.